The van der Waals surface area contributed by atoms with Crippen molar-refractivity contribution >= 4 is 23.0 Å². The summed E-state index contributed by atoms with van der Waals surface area (Å²) in [5.41, 5.74) is 8.51. The molecule has 2 rings (SSSR count). The van der Waals surface area contributed by atoms with Gasteiger partial charge in [0.1, 0.15) is 0 Å². The summed E-state index contributed by atoms with van der Waals surface area (Å²) < 4.78 is 0. The fourth-order valence-electron chi connectivity index (χ4n) is 2.07. The van der Waals surface area contributed by atoms with Crippen LogP contribution in [-0.2, 0) is 5.41 Å². The lowest BCUT2D eigenvalue weighted by molar-refractivity contribution is 0.714. The zero-order valence-electron chi connectivity index (χ0n) is 11.1. The predicted octanol–water partition coefficient (Wildman–Crippen LogP) is 4.27. The monoisotopic (exact) mass is 272 g/mol. The molecule has 2 aromatic carbocycles. The van der Waals surface area contributed by atoms with Crippen molar-refractivity contribution in [2.75, 3.05) is 5.73 Å². The third-order valence-electron chi connectivity index (χ3n) is 3.42. The molecule has 2 nitrogen and oxygen atoms in total. The maximum Gasteiger partial charge on any atom is 0.0506 e. The average molecular weight is 273 g/mol. The SMILES string of the molecule is CC(C)(C(=N)c1ccccc1N)c1ccc(Cl)cc1. The molecule has 0 aromatic heterocycles. The van der Waals surface area contributed by atoms with Crippen LogP contribution in [0.5, 0.6) is 0 Å². The summed E-state index contributed by atoms with van der Waals surface area (Å²) in [6.07, 6.45) is 0. The standard InChI is InChI=1S/C16H17ClN2/c1-16(2,11-7-9-12(17)10-8-11)15(19)13-5-3-4-6-14(13)18/h3-10,19H,18H2,1-2H3. The van der Waals surface area contributed by atoms with Crippen LogP contribution in [0.3, 0.4) is 0 Å². The van der Waals surface area contributed by atoms with Gasteiger partial charge < -0.3 is 11.1 Å². The van der Waals surface area contributed by atoms with Gasteiger partial charge in [-0.05, 0) is 23.8 Å². The van der Waals surface area contributed by atoms with Crippen LogP contribution in [0.4, 0.5) is 5.69 Å². The molecule has 3 N–H and O–H groups in total. The molecule has 0 amide bonds. The van der Waals surface area contributed by atoms with Crippen molar-refractivity contribution in [3.63, 3.8) is 0 Å². The normalized spacial score (nSPS) is 11.3. The highest BCUT2D eigenvalue weighted by atomic mass is 35.5. The minimum Gasteiger partial charge on any atom is -0.398 e. The third kappa shape index (κ3) is 2.64. The summed E-state index contributed by atoms with van der Waals surface area (Å²) in [5.74, 6) is 0. The van der Waals surface area contributed by atoms with Gasteiger partial charge in [-0.2, -0.15) is 0 Å². The van der Waals surface area contributed by atoms with Crippen molar-refractivity contribution in [3.05, 3.63) is 64.7 Å². The van der Waals surface area contributed by atoms with Gasteiger partial charge in [-0.1, -0.05) is 55.8 Å². The van der Waals surface area contributed by atoms with Crippen molar-refractivity contribution in [2.24, 2.45) is 0 Å². The molecule has 98 valence electrons. The van der Waals surface area contributed by atoms with E-state index in [1.165, 1.54) is 0 Å². The van der Waals surface area contributed by atoms with Gasteiger partial charge in [-0.3, -0.25) is 0 Å². The quantitative estimate of drug-likeness (QED) is 0.636. The zero-order valence-corrected chi connectivity index (χ0v) is 11.8. The van der Waals surface area contributed by atoms with E-state index in [0.717, 1.165) is 11.1 Å². The Labute approximate surface area is 118 Å². The topological polar surface area (TPSA) is 49.9 Å². The Balaban J connectivity index is 2.42. The Bertz CT molecular complexity index is 600. The minimum absolute atomic E-state index is 0.417. The molecule has 0 saturated heterocycles. The van der Waals surface area contributed by atoms with Gasteiger partial charge in [0.25, 0.3) is 0 Å². The molecule has 0 saturated carbocycles. The van der Waals surface area contributed by atoms with Gasteiger partial charge in [0.15, 0.2) is 0 Å². The van der Waals surface area contributed by atoms with E-state index in [1.54, 1.807) is 0 Å². The van der Waals surface area contributed by atoms with E-state index < -0.39 is 5.41 Å². The number of nitrogen functional groups attached to an aromatic ring is 1. The molecule has 0 aliphatic rings. The molecule has 0 unspecified atom stereocenters. The van der Waals surface area contributed by atoms with Crippen LogP contribution in [0.2, 0.25) is 5.02 Å². The molecule has 0 bridgehead atoms. The molecule has 3 heteroatoms. The average Bonchev–Trinajstić information content (AvgIpc) is 2.39. The number of para-hydroxylation sites is 1. The molecule has 2 aromatic rings. The molecule has 0 aliphatic heterocycles. The Morgan fingerprint density at radius 1 is 1.05 bits per heavy atom. The molecular formula is C16H17ClN2. The zero-order chi connectivity index (χ0) is 14.0. The number of nitrogens with one attached hydrogen (secondary N) is 1. The Morgan fingerprint density at radius 3 is 2.21 bits per heavy atom. The maximum atomic E-state index is 8.45. The van der Waals surface area contributed by atoms with Crippen LogP contribution >= 0.6 is 11.6 Å². The van der Waals surface area contributed by atoms with E-state index >= 15 is 0 Å². The van der Waals surface area contributed by atoms with E-state index in [1.807, 2.05) is 62.4 Å². The number of hydrogen-bond acceptors (Lipinski definition) is 2. The summed E-state index contributed by atoms with van der Waals surface area (Å²) in [7, 11) is 0. The van der Waals surface area contributed by atoms with Crippen molar-refractivity contribution in [1.82, 2.24) is 0 Å². The van der Waals surface area contributed by atoms with Crippen LogP contribution < -0.4 is 5.73 Å². The summed E-state index contributed by atoms with van der Waals surface area (Å²) in [6.45, 7) is 4.04. The van der Waals surface area contributed by atoms with Crippen LogP contribution in [0, 0.1) is 5.41 Å². The number of rotatable bonds is 3. The summed E-state index contributed by atoms with van der Waals surface area (Å²) in [6, 6.07) is 15.1. The van der Waals surface area contributed by atoms with Crippen molar-refractivity contribution < 1.29 is 0 Å². The van der Waals surface area contributed by atoms with Crippen LogP contribution in [0.25, 0.3) is 0 Å². The lowest BCUT2D eigenvalue weighted by Crippen LogP contribution is -2.29. The first kappa shape index (κ1) is 13.6. The Hall–Kier alpha value is -1.80. The van der Waals surface area contributed by atoms with E-state index in [4.69, 9.17) is 22.7 Å². The Morgan fingerprint density at radius 2 is 1.63 bits per heavy atom. The van der Waals surface area contributed by atoms with E-state index in [9.17, 15) is 0 Å². The van der Waals surface area contributed by atoms with Crippen molar-refractivity contribution in [2.45, 2.75) is 19.3 Å². The van der Waals surface area contributed by atoms with Gasteiger partial charge in [0.05, 0.1) is 5.71 Å². The van der Waals surface area contributed by atoms with E-state index in [-0.39, 0.29) is 0 Å². The number of anilines is 1. The third-order valence-corrected chi connectivity index (χ3v) is 3.67. The number of halogens is 1. The number of hydrogen-bond donors (Lipinski definition) is 2. The number of nitrogens with two attached hydrogens (primary N) is 1. The van der Waals surface area contributed by atoms with Gasteiger partial charge in [0, 0.05) is 21.7 Å². The highest BCUT2D eigenvalue weighted by Crippen LogP contribution is 2.30. The number of benzene rings is 2. The molecule has 0 fully saturated rings. The first-order valence-corrected chi connectivity index (χ1v) is 6.50. The van der Waals surface area contributed by atoms with E-state index in [2.05, 4.69) is 0 Å². The molecule has 0 heterocycles. The smallest absolute Gasteiger partial charge is 0.0506 e. The van der Waals surface area contributed by atoms with E-state index in [0.29, 0.717) is 16.4 Å². The molecule has 19 heavy (non-hydrogen) atoms. The second kappa shape index (κ2) is 5.06. The summed E-state index contributed by atoms with van der Waals surface area (Å²) >= 11 is 5.91. The predicted molar refractivity (Wildman–Crippen MR) is 82.2 cm³/mol. The second-order valence-electron chi connectivity index (χ2n) is 5.09. The largest absolute Gasteiger partial charge is 0.398 e. The highest BCUT2D eigenvalue weighted by Gasteiger charge is 2.28. The first-order chi connectivity index (χ1) is 8.93. The molecular weight excluding hydrogens is 256 g/mol. The first-order valence-electron chi connectivity index (χ1n) is 6.13. The summed E-state index contributed by atoms with van der Waals surface area (Å²) in [5, 5.41) is 9.15. The van der Waals surface area contributed by atoms with Gasteiger partial charge in [-0.25, -0.2) is 0 Å². The van der Waals surface area contributed by atoms with Crippen LogP contribution in [0.1, 0.15) is 25.0 Å². The minimum atomic E-state index is -0.417. The maximum absolute atomic E-state index is 8.45. The van der Waals surface area contributed by atoms with Crippen LogP contribution in [-0.4, -0.2) is 5.71 Å². The highest BCUT2D eigenvalue weighted by molar-refractivity contribution is 6.30. The molecule has 0 atom stereocenters. The van der Waals surface area contributed by atoms with Crippen molar-refractivity contribution in [1.29, 1.82) is 5.41 Å². The van der Waals surface area contributed by atoms with Gasteiger partial charge in [0.2, 0.25) is 0 Å². The molecule has 0 spiro atoms. The molecule has 0 aliphatic carbocycles. The van der Waals surface area contributed by atoms with Gasteiger partial charge in [-0.15, -0.1) is 0 Å². The fraction of sp³-hybridized carbons (Fsp3) is 0.188. The summed E-state index contributed by atoms with van der Waals surface area (Å²) in [4.78, 5) is 0. The van der Waals surface area contributed by atoms with Crippen molar-refractivity contribution in [3.8, 4) is 0 Å². The molecule has 0 radical (unpaired) electrons. The Kier molecular flexibility index (Phi) is 3.63. The lowest BCUT2D eigenvalue weighted by atomic mass is 9.77. The fourth-order valence-corrected chi connectivity index (χ4v) is 2.20. The second-order valence-corrected chi connectivity index (χ2v) is 5.53. The lowest BCUT2D eigenvalue weighted by Gasteiger charge is -2.27. The van der Waals surface area contributed by atoms with Crippen LogP contribution in [0.15, 0.2) is 48.5 Å². The van der Waals surface area contributed by atoms with Gasteiger partial charge >= 0.3 is 0 Å².